The van der Waals surface area contributed by atoms with Crippen LogP contribution >= 0.6 is 0 Å². The average molecular weight is 127 g/mol. The Bertz CT molecular complexity index is 309. The van der Waals surface area contributed by atoms with Crippen LogP contribution in [0.15, 0.2) is 15.8 Å². The van der Waals surface area contributed by atoms with Gasteiger partial charge in [0.15, 0.2) is 0 Å². The van der Waals surface area contributed by atoms with Crippen LogP contribution in [-0.4, -0.2) is 9.97 Å². The molecule has 0 aromatic carbocycles. The normalized spacial score (nSPS) is 9.44. The van der Waals surface area contributed by atoms with Crippen molar-refractivity contribution in [2.75, 3.05) is 0 Å². The molecule has 0 aliphatic heterocycles. The molecule has 48 valence electrons. The summed E-state index contributed by atoms with van der Waals surface area (Å²) in [5.41, 5.74) is -0.293. The number of aromatic amines is 2. The van der Waals surface area contributed by atoms with Crippen LogP contribution in [-0.2, 0) is 0 Å². The molecule has 9 heavy (non-hydrogen) atoms. The maximum atomic E-state index is 10.6. The van der Waals surface area contributed by atoms with Crippen LogP contribution in [0.2, 0.25) is 0 Å². The fraction of sp³-hybridized carbons (Fsp3) is 0.200. The van der Waals surface area contributed by atoms with Gasteiger partial charge in [-0.2, -0.15) is 0 Å². The average Bonchev–Trinajstić information content (AvgIpc) is 1.80. The molecule has 0 saturated carbocycles. The molecule has 4 heteroatoms. The predicted molar refractivity (Wildman–Crippen MR) is 32.4 cm³/mol. The van der Waals surface area contributed by atoms with Crippen LogP contribution in [0.4, 0.5) is 0 Å². The van der Waals surface area contributed by atoms with Gasteiger partial charge >= 0.3 is 5.69 Å². The smallest absolute Gasteiger partial charge is 0.314 e. The molecule has 0 aliphatic rings. The van der Waals surface area contributed by atoms with Crippen LogP contribution in [0, 0.1) is 6.92 Å². The molecule has 0 spiro atoms. The largest absolute Gasteiger partial charge is 0.325 e. The van der Waals surface area contributed by atoms with Gasteiger partial charge in [0.05, 0.1) is 0 Å². The van der Waals surface area contributed by atoms with Crippen molar-refractivity contribution in [3.63, 3.8) is 0 Å². The minimum Gasteiger partial charge on any atom is -0.314 e. The second-order valence-electron chi connectivity index (χ2n) is 1.75. The summed E-state index contributed by atoms with van der Waals surface area (Å²) in [6.45, 7) is 1.62. The molecule has 4 nitrogen and oxygen atoms in total. The number of rotatable bonds is 0. The first kappa shape index (κ1) is 5.81. The highest BCUT2D eigenvalue weighted by molar-refractivity contribution is 4.98. The lowest BCUT2D eigenvalue weighted by Crippen LogP contribution is -2.22. The quantitative estimate of drug-likeness (QED) is 0.487. The lowest BCUT2D eigenvalue weighted by molar-refractivity contribution is 1.01. The van der Waals surface area contributed by atoms with Gasteiger partial charge in [-0.25, -0.2) is 4.79 Å². The lowest BCUT2D eigenvalue weighted by atomic mass is 10.4. The van der Waals surface area contributed by atoms with E-state index in [2.05, 4.69) is 9.97 Å². The van der Waals surface area contributed by atoms with Gasteiger partial charge in [0.25, 0.3) is 5.56 Å². The number of H-pyrrole nitrogens is 2. The Labute approximate surface area is 50.6 Å². The third-order valence-corrected chi connectivity index (χ3v) is 1.00. The number of aryl methyl sites for hydroxylation is 1. The number of hydrogen-bond acceptors (Lipinski definition) is 2. The first-order valence-corrected chi connectivity index (χ1v) is 2.49. The monoisotopic (exact) mass is 127 g/mol. The van der Waals surface area contributed by atoms with Gasteiger partial charge in [-0.3, -0.25) is 9.78 Å². The Morgan fingerprint density at radius 1 is 1.67 bits per heavy atom. The fourth-order valence-corrected chi connectivity index (χ4v) is 0.477. The van der Waals surface area contributed by atoms with Gasteiger partial charge in [-0.05, 0) is 6.92 Å². The summed E-state index contributed by atoms with van der Waals surface area (Å²) in [5.74, 6) is 0. The van der Waals surface area contributed by atoms with Gasteiger partial charge in [0, 0.05) is 11.8 Å². The first-order chi connectivity index (χ1) is 4.20. The molecule has 0 aliphatic carbocycles. The van der Waals surface area contributed by atoms with Crippen LogP contribution < -0.4 is 11.2 Å². The van der Waals surface area contributed by atoms with Crippen molar-refractivity contribution < 1.29 is 0 Å². The van der Waals surface area contributed by atoms with Crippen molar-refractivity contribution in [3.05, 3.63) is 32.6 Å². The molecule has 0 amide bonds. The van der Waals surface area contributed by atoms with Crippen molar-refractivity contribution >= 4 is 0 Å². The Morgan fingerprint density at radius 3 is 2.78 bits per heavy atom. The highest BCUT2D eigenvalue weighted by atomic mass is 17.1. The standard InChI is InChI=1S/C5H6N2O2/c1-3-2-6-5(9)7-4(3)8/h2H,1H3,(H2,6,7,8,9)/i9+1. The van der Waals surface area contributed by atoms with Crippen LogP contribution in [0.1, 0.15) is 5.56 Å². The maximum Gasteiger partial charge on any atom is 0.325 e. The van der Waals surface area contributed by atoms with Crippen LogP contribution in [0.3, 0.4) is 0 Å². The van der Waals surface area contributed by atoms with E-state index >= 15 is 0 Å². The number of hydrogen-bond donors (Lipinski definition) is 2. The van der Waals surface area contributed by atoms with E-state index in [0.29, 0.717) is 5.56 Å². The summed E-state index contributed by atoms with van der Waals surface area (Å²) < 4.78 is 0. The van der Waals surface area contributed by atoms with E-state index in [-0.39, 0.29) is 5.56 Å². The SMILES string of the molecule is Cc1c[nH]c(=[17O])[nH]c1=O. The zero-order valence-electron chi connectivity index (χ0n) is 4.89. The van der Waals surface area contributed by atoms with E-state index in [4.69, 9.17) is 0 Å². The Balaban J connectivity index is 3.52. The molecule has 0 bridgehead atoms. The van der Waals surface area contributed by atoms with Gasteiger partial charge < -0.3 is 4.98 Å². The van der Waals surface area contributed by atoms with E-state index in [1.54, 1.807) is 6.92 Å². The summed E-state index contributed by atoms with van der Waals surface area (Å²) in [4.78, 5) is 25.3. The van der Waals surface area contributed by atoms with Crippen molar-refractivity contribution in [1.82, 2.24) is 9.97 Å². The van der Waals surface area contributed by atoms with Crippen molar-refractivity contribution in [3.8, 4) is 0 Å². The van der Waals surface area contributed by atoms with E-state index in [1.165, 1.54) is 6.20 Å². The zero-order valence-corrected chi connectivity index (χ0v) is 4.89. The van der Waals surface area contributed by atoms with E-state index in [9.17, 15) is 9.59 Å². The van der Waals surface area contributed by atoms with Crippen molar-refractivity contribution in [1.29, 1.82) is 0 Å². The van der Waals surface area contributed by atoms with Gasteiger partial charge in [0.2, 0.25) is 0 Å². The van der Waals surface area contributed by atoms with Crippen molar-refractivity contribution in [2.45, 2.75) is 6.92 Å². The highest BCUT2D eigenvalue weighted by Crippen LogP contribution is 1.73. The topological polar surface area (TPSA) is 65.7 Å². The molecule has 1 aromatic rings. The number of aromatic nitrogens is 2. The number of nitrogens with one attached hydrogen (secondary N) is 2. The second kappa shape index (κ2) is 1.89. The summed E-state index contributed by atoms with van der Waals surface area (Å²) in [7, 11) is 0. The van der Waals surface area contributed by atoms with Gasteiger partial charge in [0.1, 0.15) is 0 Å². The Kier molecular flexibility index (Phi) is 1.22. The summed E-state index contributed by atoms with van der Waals surface area (Å²) >= 11 is 0. The molecule has 0 saturated heterocycles. The molecule has 1 rings (SSSR count). The molecule has 1 aromatic heterocycles. The Hall–Kier alpha value is -1.32. The van der Waals surface area contributed by atoms with Crippen molar-refractivity contribution in [2.24, 2.45) is 0 Å². The third-order valence-electron chi connectivity index (χ3n) is 1.00. The minimum atomic E-state index is -0.467. The first-order valence-electron chi connectivity index (χ1n) is 2.49. The van der Waals surface area contributed by atoms with Crippen LogP contribution in [0.25, 0.3) is 0 Å². The predicted octanol–water partition coefficient (Wildman–Crippen LogP) is -0.628. The molecule has 0 radical (unpaired) electrons. The zero-order chi connectivity index (χ0) is 6.85. The molecule has 2 N–H and O–H groups in total. The molecule has 1 heterocycles. The minimum absolute atomic E-state index is 0.334. The third kappa shape index (κ3) is 1.07. The van der Waals surface area contributed by atoms with E-state index in [1.807, 2.05) is 0 Å². The molecular formula is C5H6N2O2. The molecular weight excluding hydrogens is 121 g/mol. The Morgan fingerprint density at radius 2 is 2.33 bits per heavy atom. The fourth-order valence-electron chi connectivity index (χ4n) is 0.477. The second-order valence-corrected chi connectivity index (χ2v) is 1.75. The van der Waals surface area contributed by atoms with Gasteiger partial charge in [-0.15, -0.1) is 0 Å². The lowest BCUT2D eigenvalue weighted by Gasteiger charge is -1.84. The summed E-state index contributed by atoms with van der Waals surface area (Å²) in [6, 6.07) is 0. The van der Waals surface area contributed by atoms with E-state index in [0.717, 1.165) is 0 Å². The summed E-state index contributed by atoms with van der Waals surface area (Å²) in [5, 5.41) is 0. The molecule has 0 unspecified atom stereocenters. The van der Waals surface area contributed by atoms with Crippen LogP contribution in [0.5, 0.6) is 0 Å². The summed E-state index contributed by atoms with van der Waals surface area (Å²) in [6.07, 6.45) is 1.38. The highest BCUT2D eigenvalue weighted by Gasteiger charge is 1.88. The maximum absolute atomic E-state index is 10.6. The van der Waals surface area contributed by atoms with Gasteiger partial charge in [-0.1, -0.05) is 0 Å². The van der Waals surface area contributed by atoms with E-state index < -0.39 is 5.69 Å². The molecule has 0 atom stereocenters. The molecule has 0 fully saturated rings.